The van der Waals surface area contributed by atoms with Crippen LogP contribution in [0.3, 0.4) is 0 Å². The van der Waals surface area contributed by atoms with E-state index in [9.17, 15) is 9.59 Å². The number of carbonyl (C=O) groups excluding carboxylic acids is 2. The van der Waals surface area contributed by atoms with Gasteiger partial charge in [-0.1, -0.05) is 6.07 Å². The molecule has 3 heterocycles. The third-order valence-electron chi connectivity index (χ3n) is 4.45. The molecular formula is C19H17N5O2. The number of hydrogen-bond acceptors (Lipinski definition) is 5. The van der Waals surface area contributed by atoms with Gasteiger partial charge in [0, 0.05) is 36.6 Å². The molecule has 7 heteroatoms. The van der Waals surface area contributed by atoms with Gasteiger partial charge >= 0.3 is 0 Å². The molecule has 4 rings (SSSR count). The Balaban J connectivity index is 1.42. The summed E-state index contributed by atoms with van der Waals surface area (Å²) in [4.78, 5) is 38.7. The van der Waals surface area contributed by atoms with E-state index in [0.717, 1.165) is 22.3 Å². The van der Waals surface area contributed by atoms with Gasteiger partial charge < -0.3 is 10.2 Å². The zero-order valence-electron chi connectivity index (χ0n) is 14.2. The van der Waals surface area contributed by atoms with Gasteiger partial charge in [0.2, 0.25) is 5.91 Å². The van der Waals surface area contributed by atoms with E-state index in [0.29, 0.717) is 18.8 Å². The van der Waals surface area contributed by atoms with Crippen molar-refractivity contribution in [2.24, 2.45) is 5.92 Å². The monoisotopic (exact) mass is 347 g/mol. The number of anilines is 1. The number of hydrogen-bond donors (Lipinski definition) is 1. The summed E-state index contributed by atoms with van der Waals surface area (Å²) in [6, 6.07) is 9.52. The number of aryl methyl sites for hydroxylation is 1. The quantitative estimate of drug-likeness (QED) is 0.783. The molecule has 1 fully saturated rings. The topological polar surface area (TPSA) is 88.1 Å². The number of nitrogens with zero attached hydrogens (tertiary/aromatic N) is 4. The molecular weight excluding hydrogens is 330 g/mol. The molecule has 2 aromatic heterocycles. The molecule has 0 saturated carbocycles. The normalized spacial score (nSPS) is 14.1. The fraction of sp³-hybridized carbons (Fsp3) is 0.211. The van der Waals surface area contributed by atoms with E-state index in [1.54, 1.807) is 4.90 Å². The summed E-state index contributed by atoms with van der Waals surface area (Å²) >= 11 is 0. The molecule has 1 aromatic carbocycles. The van der Waals surface area contributed by atoms with E-state index >= 15 is 0 Å². The highest BCUT2D eigenvalue weighted by molar-refractivity contribution is 6.03. The molecule has 1 aliphatic rings. The Kier molecular flexibility index (Phi) is 4.04. The number of benzene rings is 1. The Morgan fingerprint density at radius 3 is 2.77 bits per heavy atom. The fourth-order valence-corrected chi connectivity index (χ4v) is 2.98. The van der Waals surface area contributed by atoms with E-state index in [1.807, 2.05) is 37.3 Å². The van der Waals surface area contributed by atoms with Gasteiger partial charge in [0.25, 0.3) is 5.91 Å². The van der Waals surface area contributed by atoms with Crippen molar-refractivity contribution in [1.82, 2.24) is 19.9 Å². The highest BCUT2D eigenvalue weighted by atomic mass is 16.2. The molecule has 26 heavy (non-hydrogen) atoms. The number of pyridine rings is 1. The molecule has 7 nitrogen and oxygen atoms in total. The van der Waals surface area contributed by atoms with Crippen molar-refractivity contribution >= 4 is 28.4 Å². The predicted octanol–water partition coefficient (Wildman–Crippen LogP) is 2.04. The Morgan fingerprint density at radius 1 is 1.15 bits per heavy atom. The van der Waals surface area contributed by atoms with Crippen molar-refractivity contribution in [1.29, 1.82) is 0 Å². The standard InChI is InChI=1S/C19H17N5O2/c1-12-5-6-14-15(22-12)3-2-4-16(14)23-18(25)13-10-24(11-13)19(26)17-9-20-7-8-21-17/h2-9,13H,10-11H2,1H3,(H,23,25). The average molecular weight is 347 g/mol. The molecule has 1 N–H and O–H groups in total. The Hall–Kier alpha value is -3.35. The first-order valence-corrected chi connectivity index (χ1v) is 8.34. The van der Waals surface area contributed by atoms with Gasteiger partial charge in [0.05, 0.1) is 23.3 Å². The maximum atomic E-state index is 12.5. The van der Waals surface area contributed by atoms with Crippen LogP contribution in [0, 0.1) is 12.8 Å². The second kappa shape index (κ2) is 6.51. The lowest BCUT2D eigenvalue weighted by molar-refractivity contribution is -0.123. The molecule has 1 aliphatic heterocycles. The van der Waals surface area contributed by atoms with E-state index < -0.39 is 0 Å². The predicted molar refractivity (Wildman–Crippen MR) is 96.5 cm³/mol. The van der Waals surface area contributed by atoms with Crippen molar-refractivity contribution < 1.29 is 9.59 Å². The second-order valence-corrected chi connectivity index (χ2v) is 6.31. The number of fused-ring (bicyclic) bond motifs is 1. The first-order chi connectivity index (χ1) is 12.6. The van der Waals surface area contributed by atoms with Gasteiger partial charge in [-0.05, 0) is 31.2 Å². The van der Waals surface area contributed by atoms with Crippen LogP contribution in [-0.4, -0.2) is 44.8 Å². The van der Waals surface area contributed by atoms with Crippen LogP contribution in [-0.2, 0) is 4.79 Å². The SMILES string of the molecule is Cc1ccc2c(NC(=O)C3CN(C(=O)c4cnccn4)C3)cccc2n1. The number of carbonyl (C=O) groups is 2. The Morgan fingerprint density at radius 2 is 2.00 bits per heavy atom. The van der Waals surface area contributed by atoms with E-state index in [1.165, 1.54) is 18.6 Å². The van der Waals surface area contributed by atoms with E-state index in [-0.39, 0.29) is 17.7 Å². The Labute approximate surface area is 150 Å². The van der Waals surface area contributed by atoms with Crippen LogP contribution >= 0.6 is 0 Å². The number of amides is 2. The summed E-state index contributed by atoms with van der Waals surface area (Å²) in [6.07, 6.45) is 4.43. The third-order valence-corrected chi connectivity index (χ3v) is 4.45. The molecule has 0 radical (unpaired) electrons. The van der Waals surface area contributed by atoms with E-state index in [2.05, 4.69) is 20.3 Å². The first kappa shape index (κ1) is 16.1. The van der Waals surface area contributed by atoms with Crippen LogP contribution in [0.1, 0.15) is 16.2 Å². The van der Waals surface area contributed by atoms with Gasteiger partial charge in [-0.2, -0.15) is 0 Å². The maximum Gasteiger partial charge on any atom is 0.274 e. The van der Waals surface area contributed by atoms with Gasteiger partial charge in [-0.15, -0.1) is 0 Å². The Bertz CT molecular complexity index is 984. The summed E-state index contributed by atoms with van der Waals surface area (Å²) in [5.74, 6) is -0.530. The minimum absolute atomic E-state index is 0.0960. The number of aromatic nitrogens is 3. The summed E-state index contributed by atoms with van der Waals surface area (Å²) in [5.41, 5.74) is 2.80. The maximum absolute atomic E-state index is 12.5. The minimum atomic E-state index is -0.232. The minimum Gasteiger partial charge on any atom is -0.336 e. The third kappa shape index (κ3) is 2.99. The summed E-state index contributed by atoms with van der Waals surface area (Å²) in [7, 11) is 0. The second-order valence-electron chi connectivity index (χ2n) is 6.31. The first-order valence-electron chi connectivity index (χ1n) is 8.34. The number of nitrogens with one attached hydrogen (secondary N) is 1. The molecule has 0 unspecified atom stereocenters. The molecule has 3 aromatic rings. The van der Waals surface area contributed by atoms with Crippen molar-refractivity contribution in [2.75, 3.05) is 18.4 Å². The molecule has 0 atom stereocenters. The lowest BCUT2D eigenvalue weighted by atomic mass is 9.98. The van der Waals surface area contributed by atoms with Crippen LogP contribution in [0.25, 0.3) is 10.9 Å². The van der Waals surface area contributed by atoms with Crippen LogP contribution in [0.2, 0.25) is 0 Å². The highest BCUT2D eigenvalue weighted by Gasteiger charge is 2.36. The smallest absolute Gasteiger partial charge is 0.274 e. The van der Waals surface area contributed by atoms with Gasteiger partial charge in [0.15, 0.2) is 0 Å². The number of likely N-dealkylation sites (tertiary alicyclic amines) is 1. The summed E-state index contributed by atoms with van der Waals surface area (Å²) in [5, 5.41) is 3.86. The van der Waals surface area contributed by atoms with Gasteiger partial charge in [0.1, 0.15) is 5.69 Å². The summed E-state index contributed by atoms with van der Waals surface area (Å²) in [6.45, 7) is 2.69. The lowest BCUT2D eigenvalue weighted by Gasteiger charge is -2.37. The van der Waals surface area contributed by atoms with E-state index in [4.69, 9.17) is 0 Å². The average Bonchev–Trinajstić information content (AvgIpc) is 2.61. The van der Waals surface area contributed by atoms with Crippen molar-refractivity contribution in [3.63, 3.8) is 0 Å². The zero-order chi connectivity index (χ0) is 18.1. The lowest BCUT2D eigenvalue weighted by Crippen LogP contribution is -2.54. The van der Waals surface area contributed by atoms with Crippen LogP contribution in [0.15, 0.2) is 48.9 Å². The largest absolute Gasteiger partial charge is 0.336 e. The zero-order valence-corrected chi connectivity index (χ0v) is 14.2. The van der Waals surface area contributed by atoms with Crippen LogP contribution in [0.5, 0.6) is 0 Å². The van der Waals surface area contributed by atoms with Gasteiger partial charge in [-0.25, -0.2) is 4.98 Å². The molecule has 0 aliphatic carbocycles. The molecule has 1 saturated heterocycles. The van der Waals surface area contributed by atoms with Gasteiger partial charge in [-0.3, -0.25) is 19.6 Å². The molecule has 0 spiro atoms. The van der Waals surface area contributed by atoms with Crippen LogP contribution < -0.4 is 5.32 Å². The highest BCUT2D eigenvalue weighted by Crippen LogP contribution is 2.25. The molecule has 130 valence electrons. The van der Waals surface area contributed by atoms with Crippen molar-refractivity contribution in [3.05, 3.63) is 60.3 Å². The van der Waals surface area contributed by atoms with Crippen molar-refractivity contribution in [2.45, 2.75) is 6.92 Å². The summed E-state index contributed by atoms with van der Waals surface area (Å²) < 4.78 is 0. The number of rotatable bonds is 3. The van der Waals surface area contributed by atoms with Crippen LogP contribution in [0.4, 0.5) is 5.69 Å². The molecule has 2 amide bonds. The fourth-order valence-electron chi connectivity index (χ4n) is 2.98. The molecule has 0 bridgehead atoms. The van der Waals surface area contributed by atoms with Crippen molar-refractivity contribution in [3.8, 4) is 0 Å².